The Kier molecular flexibility index (Phi) is 6.06. The number of nitrogen functional groups attached to an aromatic ring is 1. The van der Waals surface area contributed by atoms with E-state index in [0.717, 1.165) is 25.7 Å². The Hall–Kier alpha value is -1.07. The Labute approximate surface area is 132 Å². The van der Waals surface area contributed by atoms with Crippen LogP contribution >= 0.6 is 11.6 Å². The van der Waals surface area contributed by atoms with Crippen molar-refractivity contribution in [2.75, 3.05) is 16.8 Å². The van der Waals surface area contributed by atoms with Crippen molar-refractivity contribution in [1.29, 1.82) is 0 Å². The molecule has 0 radical (unpaired) electrons. The Morgan fingerprint density at radius 2 is 2.05 bits per heavy atom. The Balaban J connectivity index is 1.80. The van der Waals surface area contributed by atoms with Crippen LogP contribution in [-0.4, -0.2) is 21.1 Å². The van der Waals surface area contributed by atoms with Crippen molar-refractivity contribution in [2.24, 2.45) is 0 Å². The van der Waals surface area contributed by atoms with Gasteiger partial charge in [-0.15, -0.1) is 0 Å². The summed E-state index contributed by atoms with van der Waals surface area (Å²) in [5.41, 5.74) is 6.77. The van der Waals surface area contributed by atoms with Gasteiger partial charge in [-0.3, -0.25) is 9.00 Å². The smallest absolute Gasteiger partial charge is 0.225 e. The van der Waals surface area contributed by atoms with Gasteiger partial charge in [-0.2, -0.15) is 0 Å². The predicted octanol–water partition coefficient (Wildman–Crippen LogP) is 3.33. The quantitative estimate of drug-likeness (QED) is 0.814. The summed E-state index contributed by atoms with van der Waals surface area (Å²) in [6.45, 7) is 0. The third-order valence-electron chi connectivity index (χ3n) is 3.74. The number of carbonyl (C=O) groups is 1. The molecule has 0 spiro atoms. The maximum absolute atomic E-state index is 12.2. The highest BCUT2D eigenvalue weighted by atomic mass is 35.5. The van der Waals surface area contributed by atoms with Gasteiger partial charge in [0.15, 0.2) is 0 Å². The van der Waals surface area contributed by atoms with Crippen molar-refractivity contribution in [2.45, 2.75) is 43.8 Å². The maximum Gasteiger partial charge on any atom is 0.225 e. The van der Waals surface area contributed by atoms with Crippen LogP contribution in [0.5, 0.6) is 0 Å². The van der Waals surface area contributed by atoms with Crippen LogP contribution in [0.25, 0.3) is 0 Å². The highest BCUT2D eigenvalue weighted by molar-refractivity contribution is 7.85. The molecule has 0 bridgehead atoms. The van der Waals surface area contributed by atoms with E-state index >= 15 is 0 Å². The molecule has 1 aromatic carbocycles. The number of carbonyl (C=O) groups excluding carboxylic acids is 1. The zero-order valence-electron chi connectivity index (χ0n) is 11.9. The first kappa shape index (κ1) is 16.3. The van der Waals surface area contributed by atoms with E-state index in [0.29, 0.717) is 22.2 Å². The number of benzene rings is 1. The number of halogens is 1. The monoisotopic (exact) mass is 328 g/mol. The Bertz CT molecular complexity index is 530. The van der Waals surface area contributed by atoms with E-state index in [-0.39, 0.29) is 17.6 Å². The van der Waals surface area contributed by atoms with Crippen LogP contribution in [0, 0.1) is 0 Å². The highest BCUT2D eigenvalue weighted by Crippen LogP contribution is 2.24. The number of rotatable bonds is 5. The molecule has 1 aliphatic rings. The van der Waals surface area contributed by atoms with E-state index in [1.54, 1.807) is 18.2 Å². The topological polar surface area (TPSA) is 72.2 Å². The number of hydrogen-bond acceptors (Lipinski definition) is 3. The molecule has 1 unspecified atom stereocenters. The minimum atomic E-state index is -0.907. The van der Waals surface area contributed by atoms with Gasteiger partial charge in [-0.1, -0.05) is 30.9 Å². The molecule has 21 heavy (non-hydrogen) atoms. The normalized spacial score (nSPS) is 17.4. The summed E-state index contributed by atoms with van der Waals surface area (Å²) in [5.74, 6) is 0.262. The van der Waals surface area contributed by atoms with Crippen molar-refractivity contribution in [3.8, 4) is 0 Å². The summed E-state index contributed by atoms with van der Waals surface area (Å²) >= 11 is 5.81. The van der Waals surface area contributed by atoms with E-state index in [1.165, 1.54) is 6.42 Å². The van der Waals surface area contributed by atoms with Gasteiger partial charge in [0, 0.05) is 33.2 Å². The number of amides is 1. The minimum absolute atomic E-state index is 0.159. The van der Waals surface area contributed by atoms with Crippen LogP contribution in [0.3, 0.4) is 0 Å². The number of hydrogen-bond donors (Lipinski definition) is 2. The summed E-state index contributed by atoms with van der Waals surface area (Å²) in [7, 11) is -0.907. The third kappa shape index (κ3) is 5.00. The molecule has 6 heteroatoms. The van der Waals surface area contributed by atoms with Crippen molar-refractivity contribution >= 4 is 39.7 Å². The number of nitrogens with two attached hydrogens (primary N) is 1. The highest BCUT2D eigenvalue weighted by Gasteiger charge is 2.20. The van der Waals surface area contributed by atoms with Crippen LogP contribution in [0.15, 0.2) is 18.2 Å². The second-order valence-corrected chi connectivity index (χ2v) is 7.65. The van der Waals surface area contributed by atoms with Gasteiger partial charge in [0.05, 0.1) is 11.4 Å². The molecule has 0 aromatic heterocycles. The second kappa shape index (κ2) is 7.80. The van der Waals surface area contributed by atoms with Gasteiger partial charge in [0.1, 0.15) is 0 Å². The first-order chi connectivity index (χ1) is 10.1. The predicted molar refractivity (Wildman–Crippen MR) is 89.0 cm³/mol. The SMILES string of the molecule is Nc1cc(Cl)ccc1NC(=O)CCS(=O)C1CCCCC1. The number of nitrogens with one attached hydrogen (secondary N) is 1. The zero-order chi connectivity index (χ0) is 15.2. The van der Waals surface area contributed by atoms with Crippen molar-refractivity contribution in [1.82, 2.24) is 0 Å². The molecule has 1 atom stereocenters. The molecule has 1 amide bonds. The largest absolute Gasteiger partial charge is 0.397 e. The van der Waals surface area contributed by atoms with E-state index < -0.39 is 10.8 Å². The molecule has 1 aliphatic carbocycles. The van der Waals surface area contributed by atoms with Crippen LogP contribution in [0.4, 0.5) is 11.4 Å². The molecule has 1 saturated carbocycles. The summed E-state index contributed by atoms with van der Waals surface area (Å²) < 4.78 is 12.2. The molecule has 4 nitrogen and oxygen atoms in total. The van der Waals surface area contributed by atoms with Crippen molar-refractivity contribution < 1.29 is 9.00 Å². The summed E-state index contributed by atoms with van der Waals surface area (Å²) in [4.78, 5) is 11.9. The molecule has 0 aliphatic heterocycles. The summed E-state index contributed by atoms with van der Waals surface area (Å²) in [6, 6.07) is 4.94. The molecule has 0 heterocycles. The summed E-state index contributed by atoms with van der Waals surface area (Å²) in [6.07, 6.45) is 5.86. The fraction of sp³-hybridized carbons (Fsp3) is 0.533. The van der Waals surface area contributed by atoms with E-state index in [2.05, 4.69) is 5.32 Å². The first-order valence-electron chi connectivity index (χ1n) is 7.28. The third-order valence-corrected chi connectivity index (χ3v) is 5.80. The van der Waals surface area contributed by atoms with E-state index in [9.17, 15) is 9.00 Å². The molecular formula is C15H21ClN2O2S. The van der Waals surface area contributed by atoms with Gasteiger partial charge in [0.2, 0.25) is 5.91 Å². The van der Waals surface area contributed by atoms with Gasteiger partial charge in [-0.25, -0.2) is 0 Å². The van der Waals surface area contributed by atoms with Crippen molar-refractivity contribution in [3.63, 3.8) is 0 Å². The Morgan fingerprint density at radius 1 is 1.33 bits per heavy atom. The van der Waals surface area contributed by atoms with E-state index in [1.807, 2.05) is 0 Å². The molecule has 116 valence electrons. The average molecular weight is 329 g/mol. The molecule has 3 N–H and O–H groups in total. The summed E-state index contributed by atoms with van der Waals surface area (Å²) in [5, 5.41) is 3.54. The van der Waals surface area contributed by atoms with Crippen LogP contribution < -0.4 is 11.1 Å². The molecular weight excluding hydrogens is 308 g/mol. The van der Waals surface area contributed by atoms with Gasteiger partial charge in [0.25, 0.3) is 0 Å². The second-order valence-electron chi connectivity index (χ2n) is 5.37. The lowest BCUT2D eigenvalue weighted by molar-refractivity contribution is -0.115. The maximum atomic E-state index is 12.2. The first-order valence-corrected chi connectivity index (χ1v) is 9.04. The number of anilines is 2. The van der Waals surface area contributed by atoms with Gasteiger partial charge < -0.3 is 11.1 Å². The lowest BCUT2D eigenvalue weighted by Crippen LogP contribution is -2.23. The molecule has 0 saturated heterocycles. The lowest BCUT2D eigenvalue weighted by Gasteiger charge is -2.20. The minimum Gasteiger partial charge on any atom is -0.397 e. The van der Waals surface area contributed by atoms with Crippen LogP contribution in [-0.2, 0) is 15.6 Å². The van der Waals surface area contributed by atoms with Crippen molar-refractivity contribution in [3.05, 3.63) is 23.2 Å². The molecule has 1 fully saturated rings. The Morgan fingerprint density at radius 3 is 2.71 bits per heavy atom. The molecule has 2 rings (SSSR count). The lowest BCUT2D eigenvalue weighted by atomic mass is 10.0. The fourth-order valence-electron chi connectivity index (χ4n) is 2.55. The van der Waals surface area contributed by atoms with Crippen LogP contribution in [0.2, 0.25) is 5.02 Å². The van der Waals surface area contributed by atoms with Gasteiger partial charge in [-0.05, 0) is 31.0 Å². The fourth-order valence-corrected chi connectivity index (χ4v) is 4.31. The average Bonchev–Trinajstić information content (AvgIpc) is 2.48. The zero-order valence-corrected chi connectivity index (χ0v) is 13.5. The van der Waals surface area contributed by atoms with E-state index in [4.69, 9.17) is 17.3 Å². The van der Waals surface area contributed by atoms with Crippen LogP contribution in [0.1, 0.15) is 38.5 Å². The van der Waals surface area contributed by atoms with Gasteiger partial charge >= 0.3 is 0 Å². The molecule has 1 aromatic rings. The standard InChI is InChI=1S/C15H21ClN2O2S/c16-11-6-7-14(13(17)10-11)18-15(19)8-9-21(20)12-4-2-1-3-5-12/h6-7,10,12H,1-5,8-9,17H2,(H,18,19).